The van der Waals surface area contributed by atoms with Crippen LogP contribution in [-0.2, 0) is 12.8 Å². The lowest BCUT2D eigenvalue weighted by Crippen LogP contribution is -2.03. The van der Waals surface area contributed by atoms with Crippen LogP contribution in [0, 0.1) is 0 Å². The maximum Gasteiger partial charge on any atom is 0.337 e. The summed E-state index contributed by atoms with van der Waals surface area (Å²) in [6, 6.07) is 7.70. The monoisotopic (exact) mass is 254 g/mol. The molecule has 1 aromatic heterocycles. The molecule has 0 radical (unpaired) electrons. The highest BCUT2D eigenvalue weighted by atomic mass is 16.4. The smallest absolute Gasteiger partial charge is 0.337 e. The first-order valence-electron chi connectivity index (χ1n) is 6.30. The quantitative estimate of drug-likeness (QED) is 0.883. The Morgan fingerprint density at radius 3 is 2.89 bits per heavy atom. The molecule has 1 heterocycles. The van der Waals surface area contributed by atoms with Crippen molar-refractivity contribution in [2.24, 2.45) is 0 Å². The molecular formula is C15H14N2O2. The molecule has 0 saturated carbocycles. The van der Waals surface area contributed by atoms with E-state index in [1.54, 1.807) is 0 Å². The molecule has 19 heavy (non-hydrogen) atoms. The molecule has 4 nitrogen and oxygen atoms in total. The van der Waals surface area contributed by atoms with E-state index in [-0.39, 0.29) is 5.56 Å². The SMILES string of the molecule is O=C(O)c1ccncc1Nc1ccc2c(c1)CCC2. The number of benzene rings is 1. The van der Waals surface area contributed by atoms with Crippen LogP contribution in [0.1, 0.15) is 27.9 Å². The average molecular weight is 254 g/mol. The Labute approximate surface area is 111 Å². The number of aryl methyl sites for hydroxylation is 2. The van der Waals surface area contributed by atoms with Crippen molar-refractivity contribution >= 4 is 17.3 Å². The summed E-state index contributed by atoms with van der Waals surface area (Å²) in [7, 11) is 0. The molecule has 0 saturated heterocycles. The minimum Gasteiger partial charge on any atom is -0.478 e. The first kappa shape index (κ1) is 11.7. The molecule has 4 heteroatoms. The van der Waals surface area contributed by atoms with E-state index in [1.807, 2.05) is 6.07 Å². The zero-order valence-electron chi connectivity index (χ0n) is 10.4. The van der Waals surface area contributed by atoms with E-state index >= 15 is 0 Å². The fourth-order valence-corrected chi connectivity index (χ4v) is 2.49. The Bertz CT molecular complexity index is 638. The third-order valence-corrected chi connectivity index (χ3v) is 3.43. The van der Waals surface area contributed by atoms with Gasteiger partial charge in [0.1, 0.15) is 0 Å². The van der Waals surface area contributed by atoms with Crippen LogP contribution >= 0.6 is 0 Å². The Hall–Kier alpha value is -2.36. The topological polar surface area (TPSA) is 62.2 Å². The van der Waals surface area contributed by atoms with Gasteiger partial charge in [-0.15, -0.1) is 0 Å². The Morgan fingerprint density at radius 1 is 1.21 bits per heavy atom. The van der Waals surface area contributed by atoms with Crippen LogP contribution in [0.4, 0.5) is 11.4 Å². The second-order valence-corrected chi connectivity index (χ2v) is 4.69. The summed E-state index contributed by atoms with van der Waals surface area (Å²) in [6.07, 6.45) is 6.46. The van der Waals surface area contributed by atoms with E-state index in [1.165, 1.54) is 36.0 Å². The molecule has 0 amide bonds. The highest BCUT2D eigenvalue weighted by Crippen LogP contribution is 2.27. The number of anilines is 2. The van der Waals surface area contributed by atoms with E-state index in [0.717, 1.165) is 18.5 Å². The maximum atomic E-state index is 11.1. The molecule has 1 aliphatic rings. The number of fused-ring (bicyclic) bond motifs is 1. The van der Waals surface area contributed by atoms with Crippen molar-refractivity contribution in [3.05, 3.63) is 53.3 Å². The van der Waals surface area contributed by atoms with Crippen LogP contribution in [0.5, 0.6) is 0 Å². The molecule has 1 aliphatic carbocycles. The van der Waals surface area contributed by atoms with Crippen LogP contribution in [0.25, 0.3) is 0 Å². The summed E-state index contributed by atoms with van der Waals surface area (Å²) in [5.41, 5.74) is 4.42. The number of hydrogen-bond acceptors (Lipinski definition) is 3. The number of carboxylic acid groups (broad SMARTS) is 1. The van der Waals surface area contributed by atoms with Gasteiger partial charge in [-0.3, -0.25) is 4.98 Å². The highest BCUT2D eigenvalue weighted by molar-refractivity contribution is 5.94. The van der Waals surface area contributed by atoms with Crippen LogP contribution in [0.15, 0.2) is 36.7 Å². The summed E-state index contributed by atoms with van der Waals surface area (Å²) >= 11 is 0. The molecule has 96 valence electrons. The van der Waals surface area contributed by atoms with Crippen molar-refractivity contribution in [1.29, 1.82) is 0 Å². The number of nitrogens with zero attached hydrogens (tertiary/aromatic N) is 1. The predicted molar refractivity (Wildman–Crippen MR) is 72.9 cm³/mol. The molecule has 0 unspecified atom stereocenters. The summed E-state index contributed by atoms with van der Waals surface area (Å²) in [5.74, 6) is -0.953. The van der Waals surface area contributed by atoms with Crippen molar-refractivity contribution in [2.75, 3.05) is 5.32 Å². The van der Waals surface area contributed by atoms with Gasteiger partial charge in [0.2, 0.25) is 0 Å². The maximum absolute atomic E-state index is 11.1. The number of rotatable bonds is 3. The Morgan fingerprint density at radius 2 is 2.05 bits per heavy atom. The summed E-state index contributed by atoms with van der Waals surface area (Å²) in [6.45, 7) is 0. The lowest BCUT2D eigenvalue weighted by Gasteiger charge is -2.10. The summed E-state index contributed by atoms with van der Waals surface area (Å²) in [5, 5.41) is 12.3. The van der Waals surface area contributed by atoms with E-state index in [4.69, 9.17) is 5.11 Å². The molecule has 0 bridgehead atoms. The summed E-state index contributed by atoms with van der Waals surface area (Å²) < 4.78 is 0. The zero-order chi connectivity index (χ0) is 13.2. The fraction of sp³-hybridized carbons (Fsp3) is 0.200. The molecule has 2 N–H and O–H groups in total. The lowest BCUT2D eigenvalue weighted by molar-refractivity contribution is 0.0698. The van der Waals surface area contributed by atoms with Gasteiger partial charge < -0.3 is 10.4 Å². The van der Waals surface area contributed by atoms with Crippen LogP contribution in [0.3, 0.4) is 0 Å². The number of pyridine rings is 1. The van der Waals surface area contributed by atoms with E-state index in [9.17, 15) is 4.79 Å². The van der Waals surface area contributed by atoms with Gasteiger partial charge in [-0.1, -0.05) is 6.07 Å². The number of carbonyl (C=O) groups is 1. The third-order valence-electron chi connectivity index (χ3n) is 3.43. The van der Waals surface area contributed by atoms with Crippen molar-refractivity contribution in [2.45, 2.75) is 19.3 Å². The van der Waals surface area contributed by atoms with Crippen molar-refractivity contribution in [3.63, 3.8) is 0 Å². The van der Waals surface area contributed by atoms with Gasteiger partial charge in [0.15, 0.2) is 0 Å². The largest absolute Gasteiger partial charge is 0.478 e. The molecular weight excluding hydrogens is 240 g/mol. The predicted octanol–water partition coefficient (Wildman–Crippen LogP) is 3.01. The first-order valence-corrected chi connectivity index (χ1v) is 6.30. The van der Waals surface area contributed by atoms with Gasteiger partial charge in [-0.25, -0.2) is 4.79 Å². The molecule has 0 fully saturated rings. The fourth-order valence-electron chi connectivity index (χ4n) is 2.49. The first-order chi connectivity index (χ1) is 9.24. The highest BCUT2D eigenvalue weighted by Gasteiger charge is 2.13. The molecule has 2 aromatic rings. The standard InChI is InChI=1S/C15H14N2O2/c18-15(19)13-6-7-16-9-14(13)17-12-5-4-10-2-1-3-11(10)8-12/h4-9,17H,1-3H2,(H,18,19). The van der Waals surface area contributed by atoms with E-state index in [0.29, 0.717) is 5.69 Å². The van der Waals surface area contributed by atoms with Gasteiger partial charge in [-0.2, -0.15) is 0 Å². The molecule has 0 atom stereocenters. The van der Waals surface area contributed by atoms with Crippen molar-refractivity contribution < 1.29 is 9.90 Å². The van der Waals surface area contributed by atoms with Crippen LogP contribution in [-0.4, -0.2) is 16.1 Å². The molecule has 0 aliphatic heterocycles. The molecule has 0 spiro atoms. The Kier molecular flexibility index (Phi) is 2.91. The number of hydrogen-bond donors (Lipinski definition) is 2. The lowest BCUT2D eigenvalue weighted by atomic mass is 10.1. The van der Waals surface area contributed by atoms with Crippen LogP contribution in [0.2, 0.25) is 0 Å². The number of nitrogens with one attached hydrogen (secondary N) is 1. The Balaban J connectivity index is 1.91. The van der Waals surface area contributed by atoms with Gasteiger partial charge in [-0.05, 0) is 48.6 Å². The minimum atomic E-state index is -0.953. The van der Waals surface area contributed by atoms with E-state index in [2.05, 4.69) is 22.4 Å². The minimum absolute atomic E-state index is 0.232. The normalized spacial score (nSPS) is 13.1. The number of carboxylic acids is 1. The van der Waals surface area contributed by atoms with Crippen molar-refractivity contribution in [1.82, 2.24) is 4.98 Å². The molecule has 1 aromatic carbocycles. The van der Waals surface area contributed by atoms with Gasteiger partial charge in [0, 0.05) is 11.9 Å². The average Bonchev–Trinajstić information content (AvgIpc) is 2.86. The zero-order valence-corrected chi connectivity index (χ0v) is 10.4. The molecule has 3 rings (SSSR count). The second kappa shape index (κ2) is 4.72. The van der Waals surface area contributed by atoms with Gasteiger partial charge in [0.05, 0.1) is 17.4 Å². The second-order valence-electron chi connectivity index (χ2n) is 4.69. The summed E-state index contributed by atoms with van der Waals surface area (Å²) in [4.78, 5) is 15.1. The van der Waals surface area contributed by atoms with Crippen molar-refractivity contribution in [3.8, 4) is 0 Å². The van der Waals surface area contributed by atoms with Crippen LogP contribution < -0.4 is 5.32 Å². The van der Waals surface area contributed by atoms with Gasteiger partial charge in [0.25, 0.3) is 0 Å². The van der Waals surface area contributed by atoms with Gasteiger partial charge >= 0.3 is 5.97 Å². The number of aromatic nitrogens is 1. The number of aromatic carboxylic acids is 1. The van der Waals surface area contributed by atoms with E-state index < -0.39 is 5.97 Å². The third kappa shape index (κ3) is 2.29.